The lowest BCUT2D eigenvalue weighted by atomic mass is 10.2. The first-order chi connectivity index (χ1) is 16.7. The van der Waals surface area contributed by atoms with Crippen LogP contribution in [-0.2, 0) is 36.0 Å². The summed E-state index contributed by atoms with van der Waals surface area (Å²) in [4.78, 5) is 14.2. The molecule has 2 heterocycles. The van der Waals surface area contributed by atoms with E-state index in [2.05, 4.69) is 4.72 Å². The van der Waals surface area contributed by atoms with Gasteiger partial charge in [-0.15, -0.1) is 0 Å². The maximum atomic E-state index is 13.2. The minimum atomic E-state index is -4.06. The van der Waals surface area contributed by atoms with Gasteiger partial charge in [0.1, 0.15) is 5.75 Å². The van der Waals surface area contributed by atoms with E-state index >= 15 is 0 Å². The summed E-state index contributed by atoms with van der Waals surface area (Å²) in [5.41, 5.74) is 1.56. The van der Waals surface area contributed by atoms with Gasteiger partial charge >= 0.3 is 0 Å². The normalized spacial score (nSPS) is 18.8. The van der Waals surface area contributed by atoms with Gasteiger partial charge in [-0.05, 0) is 61.2 Å². The Balaban J connectivity index is 1.42. The van der Waals surface area contributed by atoms with Gasteiger partial charge in [0.2, 0.25) is 15.9 Å². The minimum Gasteiger partial charge on any atom is -0.495 e. The van der Waals surface area contributed by atoms with E-state index in [9.17, 15) is 21.6 Å². The smallest absolute Gasteiger partial charge is 0.262 e. The second-order valence-corrected chi connectivity index (χ2v) is 12.4. The molecule has 1 aliphatic carbocycles. The Kier molecular flexibility index (Phi) is 6.24. The van der Waals surface area contributed by atoms with Gasteiger partial charge in [0.25, 0.3) is 10.0 Å². The van der Waals surface area contributed by atoms with E-state index < -0.39 is 20.0 Å². The van der Waals surface area contributed by atoms with Gasteiger partial charge < -0.3 is 14.4 Å². The van der Waals surface area contributed by atoms with Crippen LogP contribution in [0.5, 0.6) is 5.75 Å². The van der Waals surface area contributed by atoms with Crippen molar-refractivity contribution < 1.29 is 31.1 Å². The van der Waals surface area contributed by atoms with Crippen molar-refractivity contribution in [2.75, 3.05) is 49.6 Å². The van der Waals surface area contributed by atoms with Crippen molar-refractivity contribution in [2.45, 2.75) is 29.1 Å². The molecule has 0 radical (unpaired) electrons. The van der Waals surface area contributed by atoms with Crippen LogP contribution >= 0.6 is 0 Å². The second kappa shape index (κ2) is 9.08. The molecule has 188 valence electrons. The lowest BCUT2D eigenvalue weighted by Crippen LogP contribution is -2.40. The number of ether oxygens (including phenoxy) is 2. The third kappa shape index (κ3) is 4.63. The molecule has 12 heteroatoms. The van der Waals surface area contributed by atoms with E-state index in [0.29, 0.717) is 26.2 Å². The van der Waals surface area contributed by atoms with Crippen LogP contribution in [0.1, 0.15) is 18.4 Å². The predicted octanol–water partition coefficient (Wildman–Crippen LogP) is 1.82. The van der Waals surface area contributed by atoms with Gasteiger partial charge in [0.05, 0.1) is 35.8 Å². The van der Waals surface area contributed by atoms with Gasteiger partial charge in [-0.25, -0.2) is 16.8 Å². The molecule has 1 saturated heterocycles. The zero-order valence-corrected chi connectivity index (χ0v) is 20.9. The first-order valence-corrected chi connectivity index (χ1v) is 14.4. The predicted molar refractivity (Wildman–Crippen MR) is 129 cm³/mol. The second-order valence-electron chi connectivity index (χ2n) is 8.79. The van der Waals surface area contributed by atoms with Gasteiger partial charge in [-0.1, -0.05) is 0 Å². The van der Waals surface area contributed by atoms with Crippen LogP contribution in [0, 0.1) is 5.92 Å². The van der Waals surface area contributed by atoms with Crippen LogP contribution in [0.2, 0.25) is 0 Å². The zero-order chi connectivity index (χ0) is 24.8. The van der Waals surface area contributed by atoms with E-state index in [1.807, 2.05) is 0 Å². The summed E-state index contributed by atoms with van der Waals surface area (Å²) >= 11 is 0. The van der Waals surface area contributed by atoms with E-state index in [0.717, 1.165) is 24.1 Å². The molecule has 0 unspecified atom stereocenters. The number of morpholine rings is 1. The number of carbonyl (C=O) groups is 1. The quantitative estimate of drug-likeness (QED) is 0.590. The number of fused-ring (bicyclic) bond motifs is 1. The zero-order valence-electron chi connectivity index (χ0n) is 19.3. The summed E-state index contributed by atoms with van der Waals surface area (Å²) < 4.78 is 66.9. The maximum absolute atomic E-state index is 13.2. The molecule has 1 amide bonds. The molecule has 0 atom stereocenters. The van der Waals surface area contributed by atoms with E-state index in [-0.39, 0.29) is 46.1 Å². The number of sulfonamides is 2. The Labute approximate surface area is 204 Å². The van der Waals surface area contributed by atoms with Crippen LogP contribution in [0.4, 0.5) is 11.4 Å². The number of nitrogens with zero attached hydrogens (tertiary/aromatic N) is 2. The van der Waals surface area contributed by atoms with Crippen molar-refractivity contribution in [1.82, 2.24) is 4.31 Å². The van der Waals surface area contributed by atoms with Crippen molar-refractivity contribution in [3.8, 4) is 5.75 Å². The fourth-order valence-electron chi connectivity index (χ4n) is 4.39. The van der Waals surface area contributed by atoms with Crippen molar-refractivity contribution in [2.24, 2.45) is 5.92 Å². The molecule has 10 nitrogen and oxygen atoms in total. The third-order valence-corrected chi connectivity index (χ3v) is 9.73. The SMILES string of the molecule is COc1ccc(S(=O)(=O)N2CCOCC2)cc1NS(=O)(=O)c1ccc2c(c1)CCN2C(=O)C1CC1. The fourth-order valence-corrected chi connectivity index (χ4v) is 6.94. The van der Waals surface area contributed by atoms with Crippen molar-refractivity contribution in [1.29, 1.82) is 0 Å². The van der Waals surface area contributed by atoms with Crippen LogP contribution in [0.3, 0.4) is 0 Å². The number of hydrogen-bond acceptors (Lipinski definition) is 7. The number of hydrogen-bond donors (Lipinski definition) is 1. The average molecular weight is 522 g/mol. The molecule has 3 aliphatic rings. The number of methoxy groups -OCH3 is 1. The lowest BCUT2D eigenvalue weighted by molar-refractivity contribution is -0.119. The summed E-state index contributed by atoms with van der Waals surface area (Å²) in [5.74, 6) is 0.372. The minimum absolute atomic E-state index is 0.0212. The molecule has 2 aromatic rings. The van der Waals surface area contributed by atoms with Crippen LogP contribution in [0.15, 0.2) is 46.2 Å². The molecule has 2 aromatic carbocycles. The van der Waals surface area contributed by atoms with Crippen molar-refractivity contribution in [3.05, 3.63) is 42.0 Å². The number of carbonyl (C=O) groups excluding carboxylic acids is 1. The molecule has 5 rings (SSSR count). The summed E-state index contributed by atoms with van der Waals surface area (Å²) in [6.07, 6.45) is 2.39. The van der Waals surface area contributed by atoms with E-state index in [4.69, 9.17) is 9.47 Å². The molecular formula is C23H27N3O7S2. The molecule has 2 fully saturated rings. The number of amides is 1. The molecule has 1 N–H and O–H groups in total. The highest BCUT2D eigenvalue weighted by atomic mass is 32.2. The number of rotatable bonds is 7. The molecule has 1 saturated carbocycles. The Morgan fingerprint density at radius 3 is 2.40 bits per heavy atom. The van der Waals surface area contributed by atoms with E-state index in [1.165, 1.54) is 35.7 Å². The first kappa shape index (κ1) is 24.0. The van der Waals surface area contributed by atoms with Crippen molar-refractivity contribution >= 4 is 37.3 Å². The summed E-state index contributed by atoms with van der Waals surface area (Å²) in [6.45, 7) is 1.60. The maximum Gasteiger partial charge on any atom is 0.262 e. The Hall–Kier alpha value is -2.67. The summed E-state index contributed by atoms with van der Waals surface area (Å²) in [6, 6.07) is 8.77. The highest BCUT2D eigenvalue weighted by Gasteiger charge is 2.37. The van der Waals surface area contributed by atoms with Crippen molar-refractivity contribution in [3.63, 3.8) is 0 Å². The summed E-state index contributed by atoms with van der Waals surface area (Å²) in [5, 5.41) is 0. The number of nitrogens with one attached hydrogen (secondary N) is 1. The van der Waals surface area contributed by atoms with Crippen LogP contribution in [0.25, 0.3) is 0 Å². The van der Waals surface area contributed by atoms with Gasteiger partial charge in [-0.2, -0.15) is 4.31 Å². The van der Waals surface area contributed by atoms with Gasteiger partial charge in [0.15, 0.2) is 0 Å². The first-order valence-electron chi connectivity index (χ1n) is 11.4. The molecule has 0 aromatic heterocycles. The van der Waals surface area contributed by atoms with Gasteiger partial charge in [-0.3, -0.25) is 9.52 Å². The summed E-state index contributed by atoms with van der Waals surface area (Å²) in [7, 11) is -6.51. The lowest BCUT2D eigenvalue weighted by Gasteiger charge is -2.26. The topological polar surface area (TPSA) is 122 Å². The standard InChI is InChI=1S/C23H27N3O7S2/c1-32-22-7-5-19(35(30,31)25-10-12-33-13-11-25)15-20(22)24-34(28,29)18-4-6-21-17(14-18)8-9-26(21)23(27)16-2-3-16/h4-7,14-16,24H,2-3,8-13H2,1H3. The van der Waals surface area contributed by atoms with Gasteiger partial charge in [0, 0.05) is 31.2 Å². The Bertz CT molecular complexity index is 1370. The Morgan fingerprint density at radius 1 is 1.00 bits per heavy atom. The largest absolute Gasteiger partial charge is 0.495 e. The molecule has 0 spiro atoms. The fraction of sp³-hybridized carbons (Fsp3) is 0.435. The van der Waals surface area contributed by atoms with E-state index in [1.54, 1.807) is 17.0 Å². The van der Waals surface area contributed by atoms with Crippen LogP contribution in [-0.4, -0.2) is 67.0 Å². The Morgan fingerprint density at radius 2 is 1.71 bits per heavy atom. The molecule has 0 bridgehead atoms. The molecule has 35 heavy (non-hydrogen) atoms. The highest BCUT2D eigenvalue weighted by Crippen LogP contribution is 2.38. The highest BCUT2D eigenvalue weighted by molar-refractivity contribution is 7.92. The molecule has 2 aliphatic heterocycles. The number of benzene rings is 2. The average Bonchev–Trinajstić information content (AvgIpc) is 3.62. The number of anilines is 2. The monoisotopic (exact) mass is 521 g/mol. The molecular weight excluding hydrogens is 494 g/mol. The van der Waals surface area contributed by atoms with Crippen LogP contribution < -0.4 is 14.4 Å². The third-order valence-electron chi connectivity index (χ3n) is 6.47.